The normalized spacial score (nSPS) is 10.2. The molecule has 0 fully saturated rings. The topological polar surface area (TPSA) is 58.6 Å². The van der Waals surface area contributed by atoms with E-state index in [1.165, 1.54) is 17.4 Å². The summed E-state index contributed by atoms with van der Waals surface area (Å²) >= 11 is 7.05. The minimum Gasteiger partial charge on any atom is -0.267 e. The van der Waals surface area contributed by atoms with E-state index in [0.29, 0.717) is 11.3 Å². The Morgan fingerprint density at radius 3 is 3.08 bits per heavy atom. The van der Waals surface area contributed by atoms with Crippen molar-refractivity contribution in [2.45, 2.75) is 0 Å². The molecule has 6 heteroatoms. The van der Waals surface area contributed by atoms with Crippen molar-refractivity contribution in [2.75, 3.05) is 0 Å². The van der Waals surface area contributed by atoms with E-state index in [1.807, 2.05) is 0 Å². The molecule has 0 saturated heterocycles. The molecule has 0 aromatic carbocycles. The fourth-order valence-electron chi connectivity index (χ4n) is 0.917. The first-order valence-electron chi connectivity index (χ1n) is 3.41. The van der Waals surface area contributed by atoms with E-state index in [2.05, 4.69) is 15.2 Å². The summed E-state index contributed by atoms with van der Waals surface area (Å²) in [7, 11) is 0. The Labute approximate surface area is 82.2 Å². The minimum absolute atomic E-state index is 0.252. The van der Waals surface area contributed by atoms with Crippen molar-refractivity contribution >= 4 is 22.9 Å². The average Bonchev–Trinajstić information content (AvgIpc) is 2.61. The van der Waals surface area contributed by atoms with Crippen molar-refractivity contribution in [3.63, 3.8) is 0 Å². The maximum atomic E-state index is 11.3. The number of halogens is 1. The first-order valence-corrected chi connectivity index (χ1v) is 4.73. The zero-order valence-corrected chi connectivity index (χ0v) is 7.89. The lowest BCUT2D eigenvalue weighted by atomic mass is 10.2. The van der Waals surface area contributed by atoms with E-state index in [9.17, 15) is 4.79 Å². The van der Waals surface area contributed by atoms with Gasteiger partial charge in [0.15, 0.2) is 0 Å². The maximum absolute atomic E-state index is 11.3. The molecule has 4 nitrogen and oxygen atoms in total. The van der Waals surface area contributed by atoms with Gasteiger partial charge >= 0.3 is 0 Å². The highest BCUT2D eigenvalue weighted by atomic mass is 35.5. The Hall–Kier alpha value is -1.20. The zero-order valence-electron chi connectivity index (χ0n) is 6.32. The van der Waals surface area contributed by atoms with Gasteiger partial charge in [0.2, 0.25) is 0 Å². The molecule has 0 radical (unpaired) electrons. The minimum atomic E-state index is -0.282. The molecular formula is C7H4ClN3OS. The second-order valence-electron chi connectivity index (χ2n) is 2.31. The van der Waals surface area contributed by atoms with Crippen LogP contribution < -0.4 is 5.56 Å². The molecule has 0 aliphatic heterocycles. The molecule has 0 aliphatic carbocycles. The Bertz CT molecular complexity index is 465. The molecule has 2 aromatic rings. The number of aromatic nitrogens is 3. The van der Waals surface area contributed by atoms with E-state index in [4.69, 9.17) is 11.6 Å². The smallest absolute Gasteiger partial charge is 0.267 e. The zero-order chi connectivity index (χ0) is 9.26. The lowest BCUT2D eigenvalue weighted by molar-refractivity contribution is 0.990. The van der Waals surface area contributed by atoms with Gasteiger partial charge in [-0.25, -0.2) is 10.1 Å². The van der Waals surface area contributed by atoms with Gasteiger partial charge in [-0.05, 0) is 6.07 Å². The van der Waals surface area contributed by atoms with Crippen LogP contribution in [0, 0.1) is 0 Å². The monoisotopic (exact) mass is 213 g/mol. The number of nitrogens with one attached hydrogen (secondary N) is 1. The molecule has 66 valence electrons. The number of rotatable bonds is 1. The second kappa shape index (κ2) is 3.27. The van der Waals surface area contributed by atoms with E-state index in [1.54, 1.807) is 10.9 Å². The summed E-state index contributed by atoms with van der Waals surface area (Å²) in [6.07, 6.45) is 0. The summed E-state index contributed by atoms with van der Waals surface area (Å²) in [5, 5.41) is 7.87. The molecule has 2 heterocycles. The molecule has 13 heavy (non-hydrogen) atoms. The summed E-state index contributed by atoms with van der Waals surface area (Å²) in [6, 6.07) is 1.50. The van der Waals surface area contributed by atoms with Crippen LogP contribution in [-0.4, -0.2) is 15.2 Å². The first-order chi connectivity index (χ1) is 6.27. The Balaban J connectivity index is 2.64. The molecule has 0 bridgehead atoms. The average molecular weight is 214 g/mol. The molecule has 0 saturated carbocycles. The molecule has 2 rings (SSSR count). The first kappa shape index (κ1) is 8.40. The van der Waals surface area contributed by atoms with Crippen LogP contribution in [0.2, 0.25) is 5.15 Å². The third-order valence-corrected chi connectivity index (χ3v) is 2.26. The van der Waals surface area contributed by atoms with Crippen molar-refractivity contribution in [3.05, 3.63) is 32.5 Å². The molecule has 0 atom stereocenters. The standard InChI is InChI=1S/C7H4ClN3OS/c8-6-1-4(7(12)11-10-6)5-2-13-3-9-5/h1-3H,(H,11,12). The van der Waals surface area contributed by atoms with E-state index >= 15 is 0 Å². The highest BCUT2D eigenvalue weighted by Crippen LogP contribution is 2.16. The van der Waals surface area contributed by atoms with Gasteiger partial charge in [-0.1, -0.05) is 11.6 Å². The second-order valence-corrected chi connectivity index (χ2v) is 3.41. The number of nitrogens with zero attached hydrogens (tertiary/aromatic N) is 2. The van der Waals surface area contributed by atoms with E-state index in [-0.39, 0.29) is 10.7 Å². The van der Waals surface area contributed by atoms with Gasteiger partial charge in [0, 0.05) is 5.38 Å². The molecule has 0 aliphatic rings. The lowest BCUT2D eigenvalue weighted by Gasteiger charge is -1.94. The maximum Gasteiger partial charge on any atom is 0.273 e. The van der Waals surface area contributed by atoms with E-state index < -0.39 is 0 Å². The predicted octanol–water partition coefficient (Wildman–Crippen LogP) is 1.55. The van der Waals surface area contributed by atoms with Crippen LogP contribution in [0.25, 0.3) is 11.3 Å². The fourth-order valence-corrected chi connectivity index (χ4v) is 1.62. The van der Waals surface area contributed by atoms with Gasteiger partial charge in [-0.15, -0.1) is 11.3 Å². The summed E-state index contributed by atoms with van der Waals surface area (Å²) in [4.78, 5) is 15.3. The number of H-pyrrole nitrogens is 1. The van der Waals surface area contributed by atoms with Gasteiger partial charge < -0.3 is 0 Å². The molecule has 0 unspecified atom stereocenters. The summed E-state index contributed by atoms with van der Waals surface area (Å²) in [5.74, 6) is 0. The molecule has 2 aromatic heterocycles. The van der Waals surface area contributed by atoms with E-state index in [0.717, 1.165) is 0 Å². The van der Waals surface area contributed by atoms with Gasteiger partial charge in [0.25, 0.3) is 5.56 Å². The van der Waals surface area contributed by atoms with Crippen LogP contribution in [-0.2, 0) is 0 Å². The molecule has 0 amide bonds. The summed E-state index contributed by atoms with van der Waals surface area (Å²) < 4.78 is 0. The number of hydrogen-bond donors (Lipinski definition) is 1. The van der Waals surface area contributed by atoms with Crippen LogP contribution in [0.5, 0.6) is 0 Å². The highest BCUT2D eigenvalue weighted by Gasteiger charge is 2.05. The van der Waals surface area contributed by atoms with Gasteiger partial charge in [0.05, 0.1) is 16.8 Å². The number of thiazole rings is 1. The van der Waals surface area contributed by atoms with Crippen LogP contribution in [0.15, 0.2) is 21.8 Å². The van der Waals surface area contributed by atoms with Gasteiger partial charge in [-0.2, -0.15) is 5.10 Å². The van der Waals surface area contributed by atoms with Crippen LogP contribution >= 0.6 is 22.9 Å². The van der Waals surface area contributed by atoms with Crippen molar-refractivity contribution in [3.8, 4) is 11.3 Å². The fraction of sp³-hybridized carbons (Fsp3) is 0. The Kier molecular flexibility index (Phi) is 2.12. The number of aromatic amines is 1. The third-order valence-electron chi connectivity index (χ3n) is 1.48. The van der Waals surface area contributed by atoms with Crippen molar-refractivity contribution in [1.29, 1.82) is 0 Å². The van der Waals surface area contributed by atoms with Gasteiger partial charge in [0.1, 0.15) is 5.15 Å². The Morgan fingerprint density at radius 2 is 2.38 bits per heavy atom. The van der Waals surface area contributed by atoms with Crippen molar-refractivity contribution in [1.82, 2.24) is 15.2 Å². The highest BCUT2D eigenvalue weighted by molar-refractivity contribution is 7.07. The molecular weight excluding hydrogens is 210 g/mol. The molecule has 1 N–H and O–H groups in total. The summed E-state index contributed by atoms with van der Waals surface area (Å²) in [5.41, 5.74) is 2.44. The molecule has 0 spiro atoms. The Morgan fingerprint density at radius 1 is 1.54 bits per heavy atom. The largest absolute Gasteiger partial charge is 0.273 e. The van der Waals surface area contributed by atoms with Gasteiger partial charge in [-0.3, -0.25) is 4.79 Å². The van der Waals surface area contributed by atoms with Crippen LogP contribution in [0.3, 0.4) is 0 Å². The lowest BCUT2D eigenvalue weighted by Crippen LogP contribution is -2.10. The van der Waals surface area contributed by atoms with Crippen molar-refractivity contribution in [2.24, 2.45) is 0 Å². The van der Waals surface area contributed by atoms with Crippen molar-refractivity contribution < 1.29 is 0 Å². The number of hydrogen-bond acceptors (Lipinski definition) is 4. The SMILES string of the molecule is O=c1[nH]nc(Cl)cc1-c1cscn1. The predicted molar refractivity (Wildman–Crippen MR) is 51.0 cm³/mol. The quantitative estimate of drug-likeness (QED) is 0.782. The van der Waals surface area contributed by atoms with Crippen LogP contribution in [0.4, 0.5) is 0 Å². The summed E-state index contributed by atoms with van der Waals surface area (Å²) in [6.45, 7) is 0. The van der Waals surface area contributed by atoms with Crippen LogP contribution in [0.1, 0.15) is 0 Å². The third kappa shape index (κ3) is 1.61.